The van der Waals surface area contributed by atoms with Crippen LogP contribution in [0, 0.1) is 0 Å². The van der Waals surface area contributed by atoms with Crippen molar-refractivity contribution in [3.05, 3.63) is 74.3 Å². The lowest BCUT2D eigenvalue weighted by molar-refractivity contribution is -0.137. The second-order valence-electron chi connectivity index (χ2n) is 5.63. The quantitative estimate of drug-likeness (QED) is 0.580. The molecule has 0 aliphatic heterocycles. The molecule has 0 fully saturated rings. The standard InChI is InChI=1S/C16H12F3N3O4S/c17-16(18,19)10-3-1-9(2-4-10)8-20-27(25,26)11-5-6-12-13(7-11)22-15(24)14(23)21-12/h1-7,20H,8H2,(H,21,23)(H,22,24). The molecule has 0 aliphatic rings. The molecule has 3 aromatic rings. The molecule has 0 unspecified atom stereocenters. The van der Waals surface area contributed by atoms with Crippen LogP contribution in [-0.4, -0.2) is 18.4 Å². The van der Waals surface area contributed by atoms with E-state index in [-0.39, 0.29) is 22.5 Å². The lowest BCUT2D eigenvalue weighted by Gasteiger charge is -2.10. The van der Waals surface area contributed by atoms with E-state index in [1.54, 1.807) is 0 Å². The highest BCUT2D eigenvalue weighted by atomic mass is 32.2. The number of aromatic amines is 2. The van der Waals surface area contributed by atoms with Gasteiger partial charge in [-0.1, -0.05) is 12.1 Å². The van der Waals surface area contributed by atoms with Crippen molar-refractivity contribution in [2.45, 2.75) is 17.6 Å². The molecule has 2 aromatic carbocycles. The molecule has 0 amide bonds. The van der Waals surface area contributed by atoms with Crippen LogP contribution in [0.1, 0.15) is 11.1 Å². The molecule has 27 heavy (non-hydrogen) atoms. The lowest BCUT2D eigenvalue weighted by atomic mass is 10.1. The SMILES string of the molecule is O=c1[nH]c2ccc(S(=O)(=O)NCc3ccc(C(F)(F)F)cc3)cc2[nH]c1=O. The number of alkyl halides is 3. The number of hydrogen-bond acceptors (Lipinski definition) is 4. The summed E-state index contributed by atoms with van der Waals surface area (Å²) in [5.74, 6) is 0. The Kier molecular flexibility index (Phi) is 4.66. The minimum absolute atomic E-state index is 0.122. The van der Waals surface area contributed by atoms with E-state index in [9.17, 15) is 31.2 Å². The Morgan fingerprint density at radius 2 is 1.48 bits per heavy atom. The largest absolute Gasteiger partial charge is 0.416 e. The molecule has 7 nitrogen and oxygen atoms in total. The van der Waals surface area contributed by atoms with Gasteiger partial charge in [-0.15, -0.1) is 0 Å². The zero-order valence-electron chi connectivity index (χ0n) is 13.4. The second-order valence-corrected chi connectivity index (χ2v) is 7.40. The second kappa shape index (κ2) is 6.67. The third kappa shape index (κ3) is 4.09. The van der Waals surface area contributed by atoms with Gasteiger partial charge in [0.15, 0.2) is 0 Å². The molecule has 0 saturated heterocycles. The summed E-state index contributed by atoms with van der Waals surface area (Å²) in [6.07, 6.45) is -4.47. The first-order valence-corrected chi connectivity index (χ1v) is 8.97. The Bertz CT molecular complexity index is 1210. The van der Waals surface area contributed by atoms with E-state index >= 15 is 0 Å². The van der Waals surface area contributed by atoms with Crippen molar-refractivity contribution in [3.63, 3.8) is 0 Å². The van der Waals surface area contributed by atoms with E-state index in [0.717, 1.165) is 12.1 Å². The maximum Gasteiger partial charge on any atom is 0.416 e. The minimum atomic E-state index is -4.47. The molecular formula is C16H12F3N3O4S. The molecule has 1 heterocycles. The van der Waals surface area contributed by atoms with Gasteiger partial charge in [-0.2, -0.15) is 13.2 Å². The molecule has 0 saturated carbocycles. The highest BCUT2D eigenvalue weighted by Crippen LogP contribution is 2.29. The topological polar surface area (TPSA) is 112 Å². The van der Waals surface area contributed by atoms with Gasteiger partial charge in [0, 0.05) is 6.54 Å². The fourth-order valence-corrected chi connectivity index (χ4v) is 3.38. The van der Waals surface area contributed by atoms with Crippen LogP contribution in [0.15, 0.2) is 56.9 Å². The van der Waals surface area contributed by atoms with E-state index < -0.39 is 32.9 Å². The van der Waals surface area contributed by atoms with Crippen LogP contribution in [0.3, 0.4) is 0 Å². The first kappa shape index (κ1) is 18.9. The smallest absolute Gasteiger partial charge is 0.316 e. The number of hydrogen-bond donors (Lipinski definition) is 3. The Morgan fingerprint density at radius 1 is 0.889 bits per heavy atom. The van der Waals surface area contributed by atoms with E-state index in [0.29, 0.717) is 5.56 Å². The summed E-state index contributed by atoms with van der Waals surface area (Å²) in [6, 6.07) is 7.79. The van der Waals surface area contributed by atoms with E-state index in [1.165, 1.54) is 30.3 Å². The monoisotopic (exact) mass is 399 g/mol. The molecule has 0 spiro atoms. The maximum absolute atomic E-state index is 12.5. The van der Waals surface area contributed by atoms with E-state index in [4.69, 9.17) is 0 Å². The van der Waals surface area contributed by atoms with Crippen LogP contribution in [0.5, 0.6) is 0 Å². The Balaban J connectivity index is 1.82. The molecule has 3 N–H and O–H groups in total. The van der Waals surface area contributed by atoms with Crippen LogP contribution in [0.4, 0.5) is 13.2 Å². The van der Waals surface area contributed by atoms with Crippen molar-refractivity contribution >= 4 is 21.1 Å². The Hall–Kier alpha value is -2.92. The number of rotatable bonds is 4. The summed E-state index contributed by atoms with van der Waals surface area (Å²) < 4.78 is 64.6. The van der Waals surface area contributed by atoms with Crippen molar-refractivity contribution in [3.8, 4) is 0 Å². The zero-order valence-corrected chi connectivity index (χ0v) is 14.2. The van der Waals surface area contributed by atoms with Gasteiger partial charge in [-0.25, -0.2) is 13.1 Å². The summed E-state index contributed by atoms with van der Waals surface area (Å²) in [6.45, 7) is -0.222. The molecule has 142 valence electrons. The number of sulfonamides is 1. The van der Waals surface area contributed by atoms with Gasteiger partial charge in [-0.05, 0) is 35.9 Å². The van der Waals surface area contributed by atoms with Crippen molar-refractivity contribution in [2.75, 3.05) is 0 Å². The first-order chi connectivity index (χ1) is 12.6. The predicted octanol–water partition coefficient (Wildman–Crippen LogP) is 1.71. The summed E-state index contributed by atoms with van der Waals surface area (Å²) in [5.41, 5.74) is -1.90. The molecule has 0 aliphatic carbocycles. The van der Waals surface area contributed by atoms with Gasteiger partial charge in [0.1, 0.15) is 0 Å². The van der Waals surface area contributed by atoms with Crippen molar-refractivity contribution < 1.29 is 21.6 Å². The van der Waals surface area contributed by atoms with Crippen LogP contribution < -0.4 is 15.8 Å². The highest BCUT2D eigenvalue weighted by molar-refractivity contribution is 7.89. The average molecular weight is 399 g/mol. The van der Waals surface area contributed by atoms with E-state index in [2.05, 4.69) is 14.7 Å². The third-order valence-corrected chi connectivity index (χ3v) is 5.15. The molecule has 3 rings (SSSR count). The molecule has 0 radical (unpaired) electrons. The van der Waals surface area contributed by atoms with Crippen LogP contribution in [-0.2, 0) is 22.7 Å². The number of aromatic nitrogens is 2. The Labute approximate surface area is 149 Å². The summed E-state index contributed by atoms with van der Waals surface area (Å²) in [5, 5.41) is 0. The van der Waals surface area contributed by atoms with Gasteiger partial charge in [0.2, 0.25) is 10.0 Å². The number of nitrogens with one attached hydrogen (secondary N) is 3. The molecule has 0 atom stereocenters. The molecule has 1 aromatic heterocycles. The van der Waals surface area contributed by atoms with Gasteiger partial charge in [0.05, 0.1) is 21.5 Å². The number of H-pyrrole nitrogens is 2. The fourth-order valence-electron chi connectivity index (χ4n) is 2.33. The molecule has 11 heteroatoms. The van der Waals surface area contributed by atoms with Gasteiger partial charge in [0.25, 0.3) is 0 Å². The maximum atomic E-state index is 12.5. The zero-order chi connectivity index (χ0) is 19.8. The van der Waals surface area contributed by atoms with Crippen LogP contribution >= 0.6 is 0 Å². The van der Waals surface area contributed by atoms with Crippen LogP contribution in [0.25, 0.3) is 11.0 Å². The van der Waals surface area contributed by atoms with Crippen molar-refractivity contribution in [1.29, 1.82) is 0 Å². The number of benzene rings is 2. The minimum Gasteiger partial charge on any atom is -0.316 e. The molecular weight excluding hydrogens is 387 g/mol. The normalized spacial score (nSPS) is 12.4. The molecule has 0 bridgehead atoms. The number of fused-ring (bicyclic) bond motifs is 1. The fraction of sp³-hybridized carbons (Fsp3) is 0.125. The van der Waals surface area contributed by atoms with Gasteiger partial charge < -0.3 is 9.97 Å². The van der Waals surface area contributed by atoms with E-state index in [1.807, 2.05) is 0 Å². The number of halogens is 3. The Morgan fingerprint density at radius 3 is 2.07 bits per heavy atom. The lowest BCUT2D eigenvalue weighted by Crippen LogP contribution is -2.29. The summed E-state index contributed by atoms with van der Waals surface area (Å²) in [7, 11) is -4.00. The average Bonchev–Trinajstić information content (AvgIpc) is 2.60. The van der Waals surface area contributed by atoms with Gasteiger partial charge in [-0.3, -0.25) is 9.59 Å². The van der Waals surface area contributed by atoms with Gasteiger partial charge >= 0.3 is 17.3 Å². The van der Waals surface area contributed by atoms with Crippen molar-refractivity contribution in [1.82, 2.24) is 14.7 Å². The first-order valence-electron chi connectivity index (χ1n) is 7.48. The van der Waals surface area contributed by atoms with Crippen molar-refractivity contribution in [2.24, 2.45) is 0 Å². The summed E-state index contributed by atoms with van der Waals surface area (Å²) in [4.78, 5) is 27.0. The summed E-state index contributed by atoms with van der Waals surface area (Å²) >= 11 is 0. The van der Waals surface area contributed by atoms with Crippen LogP contribution in [0.2, 0.25) is 0 Å². The highest BCUT2D eigenvalue weighted by Gasteiger charge is 2.29. The third-order valence-electron chi connectivity index (χ3n) is 3.75. The predicted molar refractivity (Wildman–Crippen MR) is 90.7 cm³/mol.